The van der Waals surface area contributed by atoms with E-state index < -0.39 is 0 Å². The fourth-order valence-electron chi connectivity index (χ4n) is 2.65. The molecule has 1 heterocycles. The summed E-state index contributed by atoms with van der Waals surface area (Å²) in [5.74, 6) is 4.10. The van der Waals surface area contributed by atoms with Gasteiger partial charge in [-0.05, 0) is 70.6 Å². The zero-order chi connectivity index (χ0) is 21.0. The van der Waals surface area contributed by atoms with Crippen LogP contribution in [0.3, 0.4) is 0 Å². The minimum Gasteiger partial charge on any atom is -0.497 e. The summed E-state index contributed by atoms with van der Waals surface area (Å²) in [5.41, 5.74) is 1.50. The van der Waals surface area contributed by atoms with Crippen molar-refractivity contribution < 1.29 is 19.0 Å². The number of amides is 1. The van der Waals surface area contributed by atoms with Gasteiger partial charge in [0.1, 0.15) is 12.4 Å². The van der Waals surface area contributed by atoms with E-state index in [4.69, 9.17) is 32.9 Å². The Balaban J connectivity index is 1.91. The largest absolute Gasteiger partial charge is 0.497 e. The van der Waals surface area contributed by atoms with E-state index in [1.807, 2.05) is 6.07 Å². The molecule has 1 aliphatic rings. The highest BCUT2D eigenvalue weighted by Crippen LogP contribution is 2.39. The third kappa shape index (κ3) is 4.69. The molecule has 0 N–H and O–H groups in total. The van der Waals surface area contributed by atoms with Crippen LogP contribution in [0, 0.1) is 15.9 Å². The molecule has 2 aromatic rings. The van der Waals surface area contributed by atoms with Crippen molar-refractivity contribution >= 4 is 68.6 Å². The van der Waals surface area contributed by atoms with Gasteiger partial charge in [-0.3, -0.25) is 9.69 Å². The van der Waals surface area contributed by atoms with Gasteiger partial charge in [0.15, 0.2) is 15.8 Å². The summed E-state index contributed by atoms with van der Waals surface area (Å²) in [7, 11) is 3.15. The molecule has 0 radical (unpaired) electrons. The van der Waals surface area contributed by atoms with Gasteiger partial charge < -0.3 is 14.2 Å². The fraction of sp³-hybridized carbons (Fsp3) is 0.143. The van der Waals surface area contributed by atoms with Crippen LogP contribution in [0.2, 0.25) is 0 Å². The molecular formula is C21H16INO4S2. The van der Waals surface area contributed by atoms with Crippen molar-refractivity contribution in [3.8, 4) is 29.6 Å². The van der Waals surface area contributed by atoms with Gasteiger partial charge in [-0.25, -0.2) is 0 Å². The summed E-state index contributed by atoms with van der Waals surface area (Å²) in [6.07, 6.45) is 7.06. The molecule has 1 fully saturated rings. The topological polar surface area (TPSA) is 48.0 Å². The van der Waals surface area contributed by atoms with Gasteiger partial charge >= 0.3 is 0 Å². The van der Waals surface area contributed by atoms with E-state index in [2.05, 4.69) is 28.5 Å². The number of nitrogens with zero attached hydrogens (tertiary/aromatic N) is 1. The number of halogens is 1. The van der Waals surface area contributed by atoms with E-state index in [9.17, 15) is 4.79 Å². The van der Waals surface area contributed by atoms with Gasteiger partial charge in [0.2, 0.25) is 0 Å². The molecule has 148 valence electrons. The quantitative estimate of drug-likeness (QED) is 0.230. The molecule has 1 amide bonds. The van der Waals surface area contributed by atoms with Crippen molar-refractivity contribution in [2.75, 3.05) is 25.7 Å². The summed E-state index contributed by atoms with van der Waals surface area (Å²) in [4.78, 5) is 15.0. The third-order valence-electron chi connectivity index (χ3n) is 3.97. The average Bonchev–Trinajstić information content (AvgIpc) is 3.00. The van der Waals surface area contributed by atoms with Crippen LogP contribution in [-0.4, -0.2) is 31.1 Å². The number of hydrogen-bond acceptors (Lipinski definition) is 6. The number of carbonyl (C=O) groups is 1. The highest BCUT2D eigenvalue weighted by atomic mass is 127. The first-order valence-electron chi connectivity index (χ1n) is 8.34. The lowest BCUT2D eigenvalue weighted by Gasteiger charge is -2.14. The maximum absolute atomic E-state index is 13.0. The molecule has 1 aliphatic heterocycles. The molecule has 3 rings (SSSR count). The summed E-state index contributed by atoms with van der Waals surface area (Å²) < 4.78 is 17.5. The van der Waals surface area contributed by atoms with Crippen LogP contribution in [0.1, 0.15) is 5.56 Å². The third-order valence-corrected chi connectivity index (χ3v) is 6.08. The van der Waals surface area contributed by atoms with Gasteiger partial charge in [0.25, 0.3) is 5.91 Å². The summed E-state index contributed by atoms with van der Waals surface area (Å²) in [5, 5.41) is 0. The molecule has 0 unspecified atom stereocenters. The maximum Gasteiger partial charge on any atom is 0.270 e. The predicted octanol–water partition coefficient (Wildman–Crippen LogP) is 4.73. The van der Waals surface area contributed by atoms with Crippen LogP contribution in [0.4, 0.5) is 5.69 Å². The van der Waals surface area contributed by atoms with Crippen molar-refractivity contribution in [2.45, 2.75) is 0 Å². The van der Waals surface area contributed by atoms with E-state index >= 15 is 0 Å². The van der Waals surface area contributed by atoms with Crippen molar-refractivity contribution in [1.29, 1.82) is 0 Å². The second-order valence-electron chi connectivity index (χ2n) is 5.74. The number of hydrogen-bond donors (Lipinski definition) is 0. The summed E-state index contributed by atoms with van der Waals surface area (Å²) in [6.45, 7) is 0.145. The van der Waals surface area contributed by atoms with Gasteiger partial charge in [-0.1, -0.05) is 29.9 Å². The Kier molecular flexibility index (Phi) is 7.05. The number of thioether (sulfide) groups is 1. The molecule has 0 saturated carbocycles. The van der Waals surface area contributed by atoms with Gasteiger partial charge in [-0.2, -0.15) is 0 Å². The van der Waals surface area contributed by atoms with Crippen molar-refractivity contribution in [2.24, 2.45) is 0 Å². The Morgan fingerprint density at radius 2 is 1.97 bits per heavy atom. The van der Waals surface area contributed by atoms with Crippen LogP contribution in [0.15, 0.2) is 41.3 Å². The Bertz CT molecular complexity index is 1030. The number of rotatable bonds is 6. The van der Waals surface area contributed by atoms with Gasteiger partial charge in [-0.15, -0.1) is 6.42 Å². The summed E-state index contributed by atoms with van der Waals surface area (Å²) >= 11 is 8.83. The molecule has 2 aromatic carbocycles. The molecule has 29 heavy (non-hydrogen) atoms. The molecule has 1 saturated heterocycles. The second kappa shape index (κ2) is 9.52. The molecule has 0 aliphatic carbocycles. The average molecular weight is 537 g/mol. The summed E-state index contributed by atoms with van der Waals surface area (Å²) in [6, 6.07) is 10.9. The van der Waals surface area contributed by atoms with Gasteiger partial charge in [0, 0.05) is 0 Å². The standard InChI is InChI=1S/C21H16INO4S2/c1-4-9-27-19-16(22)10-13(11-17(19)26-3)12-18-20(24)23(21(28)29-18)14-5-7-15(25-2)8-6-14/h1,5-8,10-12H,9H2,2-3H3/b18-12-. The Hall–Kier alpha value is -2.22. The van der Waals surface area contributed by atoms with E-state index in [-0.39, 0.29) is 12.5 Å². The number of benzene rings is 2. The second-order valence-corrected chi connectivity index (χ2v) is 8.58. The molecular weight excluding hydrogens is 521 g/mol. The minimum atomic E-state index is -0.174. The highest BCUT2D eigenvalue weighted by Gasteiger charge is 2.33. The number of methoxy groups -OCH3 is 2. The number of thiocarbonyl (C=S) groups is 1. The molecule has 0 atom stereocenters. The number of carbonyl (C=O) groups excluding carboxylic acids is 1. The predicted molar refractivity (Wildman–Crippen MR) is 129 cm³/mol. The van der Waals surface area contributed by atoms with E-state index in [1.165, 1.54) is 16.7 Å². The normalized spacial score (nSPS) is 14.8. The lowest BCUT2D eigenvalue weighted by atomic mass is 10.1. The first kappa shape index (κ1) is 21.5. The van der Waals surface area contributed by atoms with Crippen LogP contribution in [0.5, 0.6) is 17.2 Å². The van der Waals surface area contributed by atoms with E-state index in [0.29, 0.717) is 32.2 Å². The first-order chi connectivity index (χ1) is 14.0. The Morgan fingerprint density at radius 1 is 1.24 bits per heavy atom. The van der Waals surface area contributed by atoms with Crippen LogP contribution >= 0.6 is 46.6 Å². The van der Waals surface area contributed by atoms with Crippen molar-refractivity contribution in [3.05, 3.63) is 50.4 Å². The van der Waals surface area contributed by atoms with Gasteiger partial charge in [0.05, 0.1) is 28.4 Å². The number of anilines is 1. The Labute approximate surface area is 192 Å². The smallest absolute Gasteiger partial charge is 0.270 e. The molecule has 0 aromatic heterocycles. The SMILES string of the molecule is C#CCOc1c(I)cc(/C=C2\SC(=S)N(c3ccc(OC)cc3)C2=O)cc1OC. The van der Waals surface area contributed by atoms with E-state index in [0.717, 1.165) is 9.13 Å². The van der Waals surface area contributed by atoms with Crippen molar-refractivity contribution in [1.82, 2.24) is 0 Å². The fourth-order valence-corrected chi connectivity index (χ4v) is 4.73. The zero-order valence-electron chi connectivity index (χ0n) is 15.6. The first-order valence-corrected chi connectivity index (χ1v) is 10.6. The minimum absolute atomic E-state index is 0.145. The van der Waals surface area contributed by atoms with Crippen molar-refractivity contribution in [3.63, 3.8) is 0 Å². The Morgan fingerprint density at radius 3 is 2.59 bits per heavy atom. The molecule has 5 nitrogen and oxygen atoms in total. The number of terminal acetylenes is 1. The van der Waals surface area contributed by atoms with Crippen LogP contribution < -0.4 is 19.1 Å². The van der Waals surface area contributed by atoms with Crippen LogP contribution in [0.25, 0.3) is 6.08 Å². The van der Waals surface area contributed by atoms with Crippen LogP contribution in [-0.2, 0) is 4.79 Å². The van der Waals surface area contributed by atoms with E-state index in [1.54, 1.807) is 50.6 Å². The lowest BCUT2D eigenvalue weighted by molar-refractivity contribution is -0.113. The maximum atomic E-state index is 13.0. The monoisotopic (exact) mass is 537 g/mol. The zero-order valence-corrected chi connectivity index (χ0v) is 19.4. The lowest BCUT2D eigenvalue weighted by Crippen LogP contribution is -2.27. The number of ether oxygens (including phenoxy) is 3. The highest BCUT2D eigenvalue weighted by molar-refractivity contribution is 14.1. The molecule has 0 spiro atoms. The molecule has 0 bridgehead atoms. The molecule has 8 heteroatoms.